The molecule has 138 valence electrons. The van der Waals surface area contributed by atoms with Crippen molar-refractivity contribution in [3.05, 3.63) is 0 Å². The summed E-state index contributed by atoms with van der Waals surface area (Å²) < 4.78 is 0. The minimum atomic E-state index is 0.0741. The van der Waals surface area contributed by atoms with E-state index >= 15 is 0 Å². The molecule has 1 amide bonds. The quantitative estimate of drug-likeness (QED) is 0.540. The van der Waals surface area contributed by atoms with Gasteiger partial charge in [0.25, 0.3) is 0 Å². The van der Waals surface area contributed by atoms with Crippen molar-refractivity contribution in [2.24, 2.45) is 16.8 Å². The van der Waals surface area contributed by atoms with Crippen molar-refractivity contribution in [1.82, 2.24) is 20.4 Å². The number of aliphatic imine (C=N–C) groups is 1. The Bertz CT molecular complexity index is 443. The second-order valence-corrected chi connectivity index (χ2v) is 7.66. The topological polar surface area (TPSA) is 60.0 Å². The first-order valence-corrected chi connectivity index (χ1v) is 9.42. The van der Waals surface area contributed by atoms with Gasteiger partial charge >= 0.3 is 0 Å². The number of nitrogens with one attached hydrogen (secondary N) is 2. The summed E-state index contributed by atoms with van der Waals surface area (Å²) in [5, 5.41) is 6.87. The second-order valence-electron chi connectivity index (χ2n) is 7.66. The largest absolute Gasteiger partial charge is 0.357 e. The summed E-state index contributed by atoms with van der Waals surface area (Å²) in [6, 6.07) is 0.826. The molecule has 1 saturated heterocycles. The molecule has 1 aliphatic carbocycles. The molecule has 2 aliphatic rings. The van der Waals surface area contributed by atoms with Gasteiger partial charge in [0.2, 0.25) is 5.91 Å². The smallest absolute Gasteiger partial charge is 0.225 e. The maximum absolute atomic E-state index is 12.1. The Balaban J connectivity index is 1.88. The summed E-state index contributed by atoms with van der Waals surface area (Å²) in [7, 11) is 4.29. The third kappa shape index (κ3) is 5.36. The number of carbonyl (C=O) groups is 1. The van der Waals surface area contributed by atoms with Gasteiger partial charge in [0.15, 0.2) is 5.96 Å². The van der Waals surface area contributed by atoms with Gasteiger partial charge < -0.3 is 20.4 Å². The Morgan fingerprint density at radius 3 is 2.54 bits per heavy atom. The van der Waals surface area contributed by atoms with E-state index in [-0.39, 0.29) is 11.8 Å². The lowest BCUT2D eigenvalue weighted by Crippen LogP contribution is -2.46. The van der Waals surface area contributed by atoms with Crippen LogP contribution < -0.4 is 10.6 Å². The highest BCUT2D eigenvalue weighted by Gasteiger charge is 2.32. The highest BCUT2D eigenvalue weighted by molar-refractivity contribution is 5.81. The van der Waals surface area contributed by atoms with Crippen LogP contribution in [0.2, 0.25) is 0 Å². The summed E-state index contributed by atoms with van der Waals surface area (Å²) in [6.45, 7) is 9.32. The van der Waals surface area contributed by atoms with Crippen molar-refractivity contribution in [1.29, 1.82) is 0 Å². The molecular formula is C18H35N5O. The fraction of sp³-hybridized carbons (Fsp3) is 0.889. The molecule has 0 bridgehead atoms. The molecule has 0 aromatic carbocycles. The van der Waals surface area contributed by atoms with Gasteiger partial charge in [-0.2, -0.15) is 0 Å². The van der Waals surface area contributed by atoms with Crippen LogP contribution >= 0.6 is 0 Å². The number of hydrogen-bond donors (Lipinski definition) is 2. The van der Waals surface area contributed by atoms with Crippen LogP contribution in [0.5, 0.6) is 0 Å². The predicted octanol–water partition coefficient (Wildman–Crippen LogP) is 1.14. The molecule has 2 fully saturated rings. The van der Waals surface area contributed by atoms with Crippen LogP contribution in [0.3, 0.4) is 0 Å². The number of guanidine groups is 1. The van der Waals surface area contributed by atoms with Gasteiger partial charge in [0, 0.05) is 37.6 Å². The van der Waals surface area contributed by atoms with E-state index in [2.05, 4.69) is 36.6 Å². The molecule has 0 aromatic rings. The Kier molecular flexibility index (Phi) is 6.90. The summed E-state index contributed by atoms with van der Waals surface area (Å²) in [4.78, 5) is 21.2. The van der Waals surface area contributed by atoms with E-state index in [9.17, 15) is 4.79 Å². The van der Waals surface area contributed by atoms with Crippen LogP contribution in [-0.4, -0.2) is 74.0 Å². The van der Waals surface area contributed by atoms with E-state index in [1.165, 1.54) is 12.8 Å². The number of hydrogen-bond acceptors (Lipinski definition) is 3. The van der Waals surface area contributed by atoms with Crippen molar-refractivity contribution in [3.8, 4) is 0 Å². The minimum absolute atomic E-state index is 0.0741. The van der Waals surface area contributed by atoms with E-state index in [0.29, 0.717) is 12.1 Å². The standard InChI is InChI=1S/C18H35N5O/c1-6-19-18(20-11-16(22(4)5)14-7-8-14)21-15-9-10-23(12-15)17(24)13(2)3/h13-16H,6-12H2,1-5H3,(H2,19,20,21). The zero-order valence-corrected chi connectivity index (χ0v) is 16.0. The number of carbonyl (C=O) groups excluding carboxylic acids is 1. The van der Waals surface area contributed by atoms with Crippen LogP contribution in [0, 0.1) is 11.8 Å². The van der Waals surface area contributed by atoms with Crippen molar-refractivity contribution < 1.29 is 4.79 Å². The third-order valence-electron chi connectivity index (χ3n) is 4.94. The van der Waals surface area contributed by atoms with E-state index in [1.807, 2.05) is 18.7 Å². The molecule has 6 heteroatoms. The lowest BCUT2D eigenvalue weighted by atomic mass is 10.2. The predicted molar refractivity (Wildman–Crippen MR) is 99.1 cm³/mol. The van der Waals surface area contributed by atoms with Crippen LogP contribution in [0.15, 0.2) is 4.99 Å². The number of nitrogens with zero attached hydrogens (tertiary/aromatic N) is 3. The normalized spacial score (nSPS) is 23.0. The molecule has 0 radical (unpaired) electrons. The van der Waals surface area contributed by atoms with Gasteiger partial charge in [-0.1, -0.05) is 13.8 Å². The third-order valence-corrected chi connectivity index (χ3v) is 4.94. The van der Waals surface area contributed by atoms with Crippen LogP contribution in [0.1, 0.15) is 40.0 Å². The summed E-state index contributed by atoms with van der Waals surface area (Å²) >= 11 is 0. The minimum Gasteiger partial charge on any atom is -0.357 e. The number of rotatable bonds is 7. The molecule has 2 unspecified atom stereocenters. The molecule has 6 nitrogen and oxygen atoms in total. The van der Waals surface area contributed by atoms with Crippen molar-refractivity contribution in [2.45, 2.75) is 52.1 Å². The molecule has 2 atom stereocenters. The lowest BCUT2D eigenvalue weighted by Gasteiger charge is -2.24. The molecule has 1 aliphatic heterocycles. The average Bonchev–Trinajstić information content (AvgIpc) is 3.25. The Morgan fingerprint density at radius 2 is 2.00 bits per heavy atom. The Morgan fingerprint density at radius 1 is 1.29 bits per heavy atom. The van der Waals surface area contributed by atoms with Crippen molar-refractivity contribution in [3.63, 3.8) is 0 Å². The van der Waals surface area contributed by atoms with Gasteiger partial charge in [0.05, 0.1) is 6.54 Å². The molecule has 1 heterocycles. The molecule has 24 heavy (non-hydrogen) atoms. The average molecular weight is 338 g/mol. The van der Waals surface area contributed by atoms with E-state index in [4.69, 9.17) is 4.99 Å². The monoisotopic (exact) mass is 337 g/mol. The molecule has 2 rings (SSSR count). The van der Waals surface area contributed by atoms with Gasteiger partial charge in [-0.3, -0.25) is 9.79 Å². The molecule has 2 N–H and O–H groups in total. The lowest BCUT2D eigenvalue weighted by molar-refractivity contribution is -0.133. The first kappa shape index (κ1) is 19.0. The van der Waals surface area contributed by atoms with Gasteiger partial charge in [-0.25, -0.2) is 0 Å². The second kappa shape index (κ2) is 8.70. The van der Waals surface area contributed by atoms with Gasteiger partial charge in [0.1, 0.15) is 0 Å². The zero-order chi connectivity index (χ0) is 17.7. The number of amides is 1. The maximum Gasteiger partial charge on any atom is 0.225 e. The van der Waals surface area contributed by atoms with Gasteiger partial charge in [-0.15, -0.1) is 0 Å². The van der Waals surface area contributed by atoms with Crippen molar-refractivity contribution >= 4 is 11.9 Å². The highest BCUT2D eigenvalue weighted by Crippen LogP contribution is 2.34. The molecule has 0 aromatic heterocycles. The van der Waals surface area contributed by atoms with Crippen LogP contribution in [0.25, 0.3) is 0 Å². The highest BCUT2D eigenvalue weighted by atomic mass is 16.2. The van der Waals surface area contributed by atoms with E-state index < -0.39 is 0 Å². The first-order valence-electron chi connectivity index (χ1n) is 9.42. The van der Waals surface area contributed by atoms with Crippen molar-refractivity contribution in [2.75, 3.05) is 40.3 Å². The molecule has 1 saturated carbocycles. The number of likely N-dealkylation sites (tertiary alicyclic amines) is 1. The summed E-state index contributed by atoms with van der Waals surface area (Å²) in [5.41, 5.74) is 0. The first-order chi connectivity index (χ1) is 11.4. The summed E-state index contributed by atoms with van der Waals surface area (Å²) in [6.07, 6.45) is 3.65. The Hall–Kier alpha value is -1.30. The molecule has 0 spiro atoms. The SMILES string of the molecule is CCNC(=NCC(C1CC1)N(C)C)NC1CCN(C(=O)C(C)C)C1. The summed E-state index contributed by atoms with van der Waals surface area (Å²) in [5.74, 6) is 2.01. The zero-order valence-electron chi connectivity index (χ0n) is 16.0. The fourth-order valence-corrected chi connectivity index (χ4v) is 3.36. The van der Waals surface area contributed by atoms with E-state index in [0.717, 1.165) is 44.5 Å². The number of likely N-dealkylation sites (N-methyl/N-ethyl adjacent to an activating group) is 1. The van der Waals surface area contributed by atoms with Crippen LogP contribution in [-0.2, 0) is 4.79 Å². The van der Waals surface area contributed by atoms with Gasteiger partial charge in [-0.05, 0) is 46.2 Å². The maximum atomic E-state index is 12.1. The fourth-order valence-electron chi connectivity index (χ4n) is 3.36. The van der Waals surface area contributed by atoms with Crippen LogP contribution in [0.4, 0.5) is 0 Å². The molecular weight excluding hydrogens is 302 g/mol. The van der Waals surface area contributed by atoms with E-state index in [1.54, 1.807) is 0 Å². The Labute approximate surface area is 147 Å².